The van der Waals surface area contributed by atoms with E-state index in [0.29, 0.717) is 136 Å². The van der Waals surface area contributed by atoms with Gasteiger partial charge in [-0.05, 0) is 373 Å². The van der Waals surface area contributed by atoms with Crippen molar-refractivity contribution < 1.29 is 78.1 Å². The van der Waals surface area contributed by atoms with Crippen LogP contribution in [-0.4, -0.2) is 254 Å². The lowest BCUT2D eigenvalue weighted by Gasteiger charge is -2.49. The number of nitrogens with zero attached hydrogens (tertiary/aromatic N) is 6. The van der Waals surface area contributed by atoms with Crippen molar-refractivity contribution in [1.82, 2.24) is 28.9 Å². The summed E-state index contributed by atoms with van der Waals surface area (Å²) >= 11 is 19.4. The fraction of sp³-hybridized carbons (Fsp3) is 0.652. The lowest BCUT2D eigenvalue weighted by atomic mass is 9.64. The second-order valence-corrected chi connectivity index (χ2v) is 54.5. The van der Waals surface area contributed by atoms with Gasteiger partial charge in [0.05, 0.1) is 106 Å². The molecule has 3 saturated carbocycles. The molecule has 18 atom stereocenters. The van der Waals surface area contributed by atoms with E-state index in [9.17, 15) is 35.4 Å². The van der Waals surface area contributed by atoms with Crippen LogP contribution in [-0.2, 0) is 93.7 Å². The summed E-state index contributed by atoms with van der Waals surface area (Å²) in [4.78, 5) is 54.6. The van der Waals surface area contributed by atoms with E-state index in [1.807, 2.05) is 68.4 Å². The van der Waals surface area contributed by atoms with E-state index in [2.05, 4.69) is 149 Å². The fourth-order valence-corrected chi connectivity index (χ4v) is 32.5. The Bertz CT molecular complexity index is 5820. The molecule has 3 amide bonds. The minimum absolute atomic E-state index is 0.107. The van der Waals surface area contributed by atoms with Crippen LogP contribution in [0.25, 0.3) is 0 Å². The van der Waals surface area contributed by atoms with Gasteiger partial charge in [0.25, 0.3) is 17.7 Å². The second-order valence-electron chi connectivity index (χ2n) is 47.3. The number of fused-ring (bicyclic) bond motifs is 12. The Hall–Kier alpha value is -7.04. The molecule has 26 nitrogen and oxygen atoms in total. The van der Waals surface area contributed by atoms with Crippen LogP contribution in [0.2, 0.25) is 15.1 Å². The number of sulfonamides is 2. The monoisotopic (exact) mass is 2140 g/mol. The summed E-state index contributed by atoms with van der Waals surface area (Å²) < 4.78 is 134. The molecule has 6 bridgehead atoms. The number of anilines is 3. The molecule has 3 spiro atoms. The van der Waals surface area contributed by atoms with Gasteiger partial charge in [-0.2, -0.15) is 0 Å². The predicted molar refractivity (Wildman–Crippen MR) is 582 cm³/mol. The van der Waals surface area contributed by atoms with E-state index in [4.69, 9.17) is 77.4 Å². The summed E-state index contributed by atoms with van der Waals surface area (Å²) in [6, 6.07) is 36.0. The van der Waals surface area contributed by atoms with Crippen molar-refractivity contribution in [3.05, 3.63) is 174 Å². The number of hydrogen-bond donors (Lipinski definition) is 3. The zero-order valence-electron chi connectivity index (χ0n) is 88.1. The number of hydrogen-bond acceptors (Lipinski definition) is 23. The number of nitrogens with one attached hydrogen (secondary N) is 3. The minimum Gasteiger partial charge on any atom is -0.490 e. The van der Waals surface area contributed by atoms with Crippen molar-refractivity contribution in [3.63, 3.8) is 0 Å². The zero-order valence-corrected chi connectivity index (χ0v) is 92.8. The first-order chi connectivity index (χ1) is 70.4. The standard InChI is InChI=1S/C39H54ClN3O5S.2C38H52ClN3O6S/c1-25-8-12-33(38-46-20-31(21-47-38)42(3)4)32-13-9-29(32)19-43-23-39(16-6-7-27-17-30(40)11-14-34(27)39)24-48-36-15-10-28(18-35(36)43)37(44)41-49(5,45)22-26(25)2;1-24-7-11-32(37-46-19-30(20-47-37)41(3)4)31-12-8-28(31)18-42-22-38(15-5-6-26-16-29(39)10-13-33(26)38)23-48-35-14-9-27(17-34(35)42)36(43)40-49(44,45)21-25(24)2;1-4-30-9-5-6-10-32(37-46-21-29(22-47-37)41(2)3)31-14-11-27(31)20-42-23-38(17-7-8-25-18-28(39)13-15-33(25)38)24-48-35-16-12-26(19-34(35)42)36(43)40-49(30,44)45/h10-11,14-15,17-18,25-26,29,31-33,38H,5-9,12-13,16,19-24H2,1-4H3,(H,41,44,45);9-10,13-14,16-17,24-25,28,30-32,37H,5-8,11-12,15,18-23H2,1-4H3,(H,40,43);12-13,15-16,18-19,27,29-32,37H,4-11,14,17,20-24H2,1-3H3,(H,40,43)/t25-,26+,29+,31?,32-,33-,38?,39+,49?;24-,25+,28+,30?,31-,32+,37?,38+;27-,29?,30+,31+,32+,37?,38-/m110/s1. The maximum Gasteiger partial charge on any atom is 0.264 e. The molecule has 0 radical (unpaired) electrons. The number of likely N-dealkylation sites (N-methyl/N-ethyl adjacent to an activating group) is 3. The molecule has 3 saturated heterocycles. The highest BCUT2D eigenvalue weighted by Crippen LogP contribution is 2.56. The molecule has 15 aliphatic rings. The van der Waals surface area contributed by atoms with Gasteiger partial charge in [0.1, 0.15) is 17.2 Å². The Kier molecular flexibility index (Phi) is 33.6. The summed E-state index contributed by atoms with van der Waals surface area (Å²) in [7, 11) is 1.83. The van der Waals surface area contributed by atoms with E-state index < -0.39 is 46.8 Å². The van der Waals surface area contributed by atoms with Crippen LogP contribution in [0.4, 0.5) is 17.1 Å². The Labute approximate surface area is 888 Å². The quantitative estimate of drug-likeness (QED) is 0.125. The highest BCUT2D eigenvalue weighted by molar-refractivity contribution is 7.99. The third-order valence-electron chi connectivity index (χ3n) is 37.1. The van der Waals surface area contributed by atoms with Crippen molar-refractivity contribution in [3.8, 4) is 17.2 Å². The van der Waals surface area contributed by atoms with Gasteiger partial charge in [-0.25, -0.2) is 30.5 Å². The van der Waals surface area contributed by atoms with Gasteiger partial charge in [0.15, 0.2) is 18.9 Å². The van der Waals surface area contributed by atoms with Crippen LogP contribution < -0.4 is 43.1 Å². The molecule has 9 aliphatic heterocycles. The lowest BCUT2D eigenvalue weighted by Crippen LogP contribution is -2.52. The van der Waals surface area contributed by atoms with Crippen LogP contribution in [0.3, 0.4) is 0 Å². The van der Waals surface area contributed by atoms with Crippen molar-refractivity contribution >= 4 is 105 Å². The molecular formula is C115H158Cl3N9O17S3. The SMILES string of the molecule is C=S1(=O)C[C@H](C)[C@H](C)CC[C@@H](C2OCC(N(C)C)CO2)[C@@H]2CC[C@H]2CN2C[C@@]3(CCCc4cc(Cl)ccc43)COc3ccc(cc32)C(=O)N1.CC[C@@H]1CCCC[C@@H](C2OCC(N(C)C)CO2)[C@@H]2CC[C@H]2CN2C[C@@]3(CCCc4cc(Cl)ccc43)COc3ccc(cc32)C(=O)NS1(=O)=O.C[C@@H]1CC[C@H](C2OCC(N(C)C)CO2)[C@@H]2CC[C@H]2CN2C[C@@]3(CCCc4cc(Cl)ccc43)COc3ccc(cc32)C(=O)NS(=O)(=O)C[C@@H]1C. The van der Waals surface area contributed by atoms with Gasteiger partial charge in [-0.15, -0.1) is 0 Å². The number of halogens is 3. The van der Waals surface area contributed by atoms with Gasteiger partial charge >= 0.3 is 0 Å². The Morgan fingerprint density at radius 2 is 0.707 bits per heavy atom. The Balaban J connectivity index is 0.000000139. The molecule has 32 heteroatoms. The van der Waals surface area contributed by atoms with Gasteiger partial charge in [-0.1, -0.05) is 100 Å². The molecular weight excluding hydrogens is 1980 g/mol. The number of benzene rings is 6. The molecule has 147 heavy (non-hydrogen) atoms. The number of aryl methyl sites for hydroxylation is 3. The predicted octanol–water partition coefficient (Wildman–Crippen LogP) is 18.2. The van der Waals surface area contributed by atoms with Gasteiger partial charge < -0.3 is 72.0 Å². The molecule has 6 aliphatic carbocycles. The molecule has 6 aromatic carbocycles. The average molecular weight is 2140 g/mol. The molecule has 6 aromatic rings. The van der Waals surface area contributed by atoms with Crippen molar-refractivity contribution in [2.24, 2.45) is 76.9 Å². The molecule has 1 unspecified atom stereocenters. The number of carbonyl (C=O) groups is 3. The third-order valence-corrected chi connectivity index (χ3v) is 42.8. The molecule has 804 valence electrons. The summed E-state index contributed by atoms with van der Waals surface area (Å²) in [6.07, 6.45) is 22.4. The number of carbonyl (C=O) groups excluding carboxylic acids is 3. The van der Waals surface area contributed by atoms with Crippen LogP contribution in [0.15, 0.2) is 109 Å². The molecule has 21 rings (SSSR count). The van der Waals surface area contributed by atoms with Crippen molar-refractivity contribution in [2.45, 2.75) is 247 Å². The molecule has 0 aromatic heterocycles. The number of amides is 3. The number of ether oxygens (including phenoxy) is 9. The number of rotatable bonds is 7. The van der Waals surface area contributed by atoms with Crippen LogP contribution in [0.1, 0.15) is 234 Å². The zero-order chi connectivity index (χ0) is 103. The summed E-state index contributed by atoms with van der Waals surface area (Å²) in [6.45, 7) is 20.6. The normalized spacial score (nSPS) is 35.1. The largest absolute Gasteiger partial charge is 0.490 e. The van der Waals surface area contributed by atoms with Gasteiger partial charge in [0.2, 0.25) is 20.0 Å². The van der Waals surface area contributed by atoms with E-state index in [1.54, 1.807) is 18.2 Å². The van der Waals surface area contributed by atoms with E-state index in [1.165, 1.54) is 33.4 Å². The Morgan fingerprint density at radius 1 is 0.381 bits per heavy atom. The smallest absolute Gasteiger partial charge is 0.264 e. The van der Waals surface area contributed by atoms with Crippen LogP contribution >= 0.6 is 34.8 Å². The summed E-state index contributed by atoms with van der Waals surface area (Å²) in [5.74, 6) is 8.70. The topological polar surface area (TPSA) is 275 Å². The summed E-state index contributed by atoms with van der Waals surface area (Å²) in [5, 5.41) is 1.64. The lowest BCUT2D eigenvalue weighted by molar-refractivity contribution is -0.241. The third kappa shape index (κ3) is 23.9. The van der Waals surface area contributed by atoms with Gasteiger partial charge in [-0.3, -0.25) is 19.1 Å². The van der Waals surface area contributed by atoms with Crippen LogP contribution in [0, 0.1) is 76.9 Å². The Morgan fingerprint density at radius 3 is 1.05 bits per heavy atom. The fourth-order valence-electron chi connectivity index (χ4n) is 27.3. The maximum atomic E-state index is 13.7. The average Bonchev–Trinajstić information content (AvgIpc) is 1.67. The van der Waals surface area contributed by atoms with Crippen molar-refractivity contribution in [2.75, 3.05) is 167 Å². The first-order valence-corrected chi connectivity index (χ1v) is 61.0. The second kappa shape index (κ2) is 45.6. The van der Waals surface area contributed by atoms with Crippen LogP contribution in [0.5, 0.6) is 17.2 Å². The molecule has 3 N–H and O–H groups in total. The highest BCUT2D eigenvalue weighted by atomic mass is 35.5. The minimum atomic E-state index is -3.87. The van der Waals surface area contributed by atoms with Gasteiger partial charge in [0, 0.05) is 120 Å². The first-order valence-electron chi connectivity index (χ1n) is 54.8. The summed E-state index contributed by atoms with van der Waals surface area (Å²) in [5.41, 5.74) is 10.8. The van der Waals surface area contributed by atoms with Crippen molar-refractivity contribution in [1.29, 1.82) is 0 Å². The van der Waals surface area contributed by atoms with E-state index in [-0.39, 0.29) is 100 Å². The molecule has 6 fully saturated rings. The maximum absolute atomic E-state index is 13.7. The molecule has 9 heterocycles. The highest BCUT2D eigenvalue weighted by Gasteiger charge is 2.53. The van der Waals surface area contributed by atoms with E-state index >= 15 is 0 Å². The van der Waals surface area contributed by atoms with E-state index in [0.717, 1.165) is 230 Å². The first kappa shape index (κ1) is 108.